The molecule has 1 aliphatic rings. The minimum Gasteiger partial charge on any atom is -0.371 e. The fraction of sp³-hybridized carbons (Fsp3) is 0.235. The topological polar surface area (TPSA) is 52.8 Å². The van der Waals surface area contributed by atoms with Gasteiger partial charge in [0.2, 0.25) is 0 Å². The number of aromatic nitrogens is 2. The summed E-state index contributed by atoms with van der Waals surface area (Å²) >= 11 is 1.23. The van der Waals surface area contributed by atoms with E-state index >= 15 is 0 Å². The van der Waals surface area contributed by atoms with Crippen molar-refractivity contribution in [1.29, 1.82) is 5.26 Å². The van der Waals surface area contributed by atoms with E-state index in [-0.39, 0.29) is 0 Å². The van der Waals surface area contributed by atoms with Gasteiger partial charge in [0.05, 0.1) is 23.4 Å². The lowest BCUT2D eigenvalue weighted by atomic mass is 10.0. The molecule has 2 aromatic carbocycles. The summed E-state index contributed by atoms with van der Waals surface area (Å²) < 4.78 is 8.71. The molecular formula is C17H14N4S. The Kier molecular flexibility index (Phi) is 3.24. The molecule has 108 valence electrons. The molecule has 0 bridgehead atoms. The highest BCUT2D eigenvalue weighted by Crippen LogP contribution is 2.32. The first-order valence-corrected chi connectivity index (χ1v) is 8.10. The number of nitriles is 1. The monoisotopic (exact) mass is 306 g/mol. The lowest BCUT2D eigenvalue weighted by Gasteiger charge is -2.19. The lowest BCUT2D eigenvalue weighted by molar-refractivity contribution is 0.949. The van der Waals surface area contributed by atoms with E-state index in [9.17, 15) is 5.26 Å². The first kappa shape index (κ1) is 13.2. The zero-order valence-electron chi connectivity index (χ0n) is 12.0. The maximum Gasteiger partial charge on any atom is 0.112 e. The maximum atomic E-state index is 9.36. The Hall–Kier alpha value is -2.45. The summed E-state index contributed by atoms with van der Waals surface area (Å²) in [6, 6.07) is 14.4. The summed E-state index contributed by atoms with van der Waals surface area (Å²) in [5, 5.41) is 9.36. The molecule has 1 fully saturated rings. The molecule has 0 radical (unpaired) electrons. The second-order valence-corrected chi connectivity index (χ2v) is 6.04. The Morgan fingerprint density at radius 3 is 2.77 bits per heavy atom. The third kappa shape index (κ3) is 2.22. The Bertz CT molecular complexity index is 872. The minimum absolute atomic E-state index is 0.694. The number of hydrogen-bond donors (Lipinski definition) is 0. The van der Waals surface area contributed by atoms with Crippen LogP contribution in [0, 0.1) is 11.3 Å². The van der Waals surface area contributed by atoms with Crippen molar-refractivity contribution in [3.05, 3.63) is 42.0 Å². The van der Waals surface area contributed by atoms with E-state index in [0.717, 1.165) is 40.9 Å². The van der Waals surface area contributed by atoms with Gasteiger partial charge < -0.3 is 4.90 Å². The van der Waals surface area contributed by atoms with Crippen LogP contribution in [0.2, 0.25) is 0 Å². The van der Waals surface area contributed by atoms with Crippen LogP contribution < -0.4 is 4.90 Å². The van der Waals surface area contributed by atoms with Crippen molar-refractivity contribution in [3.63, 3.8) is 0 Å². The van der Waals surface area contributed by atoms with Gasteiger partial charge in [-0.2, -0.15) is 14.0 Å². The van der Waals surface area contributed by atoms with Gasteiger partial charge in [-0.1, -0.05) is 12.1 Å². The Labute approximate surface area is 133 Å². The number of benzene rings is 2. The Morgan fingerprint density at radius 1 is 1.09 bits per heavy atom. The van der Waals surface area contributed by atoms with E-state index in [4.69, 9.17) is 0 Å². The van der Waals surface area contributed by atoms with Crippen LogP contribution in [0.15, 0.2) is 36.4 Å². The van der Waals surface area contributed by atoms with Gasteiger partial charge >= 0.3 is 0 Å². The molecule has 1 aromatic heterocycles. The summed E-state index contributed by atoms with van der Waals surface area (Å²) in [6.45, 7) is 2.13. The molecule has 3 aromatic rings. The summed E-state index contributed by atoms with van der Waals surface area (Å²) in [5.74, 6) is 0. The van der Waals surface area contributed by atoms with Crippen molar-refractivity contribution in [2.75, 3.05) is 18.0 Å². The fourth-order valence-electron chi connectivity index (χ4n) is 3.03. The molecule has 0 aliphatic carbocycles. The van der Waals surface area contributed by atoms with Crippen molar-refractivity contribution in [2.45, 2.75) is 12.8 Å². The Balaban J connectivity index is 1.89. The van der Waals surface area contributed by atoms with Crippen molar-refractivity contribution in [1.82, 2.24) is 8.75 Å². The second kappa shape index (κ2) is 5.39. The fourth-order valence-corrected chi connectivity index (χ4v) is 3.58. The van der Waals surface area contributed by atoms with Gasteiger partial charge in [-0.3, -0.25) is 0 Å². The van der Waals surface area contributed by atoms with Gasteiger partial charge in [0.15, 0.2) is 0 Å². The van der Waals surface area contributed by atoms with E-state index in [0.29, 0.717) is 5.56 Å². The molecular weight excluding hydrogens is 292 g/mol. The highest BCUT2D eigenvalue weighted by molar-refractivity contribution is 7.00. The van der Waals surface area contributed by atoms with E-state index in [1.54, 1.807) is 0 Å². The molecule has 22 heavy (non-hydrogen) atoms. The molecule has 4 rings (SSSR count). The van der Waals surface area contributed by atoms with Crippen LogP contribution >= 0.6 is 11.7 Å². The van der Waals surface area contributed by atoms with Gasteiger partial charge in [0.25, 0.3) is 0 Å². The summed E-state index contributed by atoms with van der Waals surface area (Å²) in [7, 11) is 0. The van der Waals surface area contributed by atoms with E-state index in [1.165, 1.54) is 24.6 Å². The first-order valence-electron chi connectivity index (χ1n) is 7.37. The Morgan fingerprint density at radius 2 is 1.95 bits per heavy atom. The molecule has 0 amide bonds. The zero-order valence-corrected chi connectivity index (χ0v) is 12.8. The molecule has 1 aliphatic heterocycles. The second-order valence-electron chi connectivity index (χ2n) is 5.51. The molecule has 0 spiro atoms. The first-order chi connectivity index (χ1) is 10.8. The third-order valence-corrected chi connectivity index (χ3v) is 4.66. The summed E-state index contributed by atoms with van der Waals surface area (Å²) in [4.78, 5) is 2.35. The van der Waals surface area contributed by atoms with Crippen LogP contribution in [-0.4, -0.2) is 21.8 Å². The quantitative estimate of drug-likeness (QED) is 0.722. The van der Waals surface area contributed by atoms with Crippen molar-refractivity contribution < 1.29 is 0 Å². The average molecular weight is 306 g/mol. The molecule has 5 heteroatoms. The van der Waals surface area contributed by atoms with Gasteiger partial charge in [-0.15, -0.1) is 0 Å². The number of rotatable bonds is 2. The van der Waals surface area contributed by atoms with Crippen LogP contribution in [0.25, 0.3) is 22.2 Å². The number of anilines is 1. The van der Waals surface area contributed by atoms with Crippen molar-refractivity contribution in [2.24, 2.45) is 0 Å². The molecule has 0 atom stereocenters. The molecule has 0 saturated carbocycles. The smallest absolute Gasteiger partial charge is 0.112 e. The average Bonchev–Trinajstić information content (AvgIpc) is 3.25. The predicted molar refractivity (Wildman–Crippen MR) is 89.0 cm³/mol. The molecule has 4 nitrogen and oxygen atoms in total. The van der Waals surface area contributed by atoms with Crippen LogP contribution in [-0.2, 0) is 0 Å². The normalized spacial score (nSPS) is 14.4. The predicted octanol–water partition coefficient (Wildman–Crippen LogP) is 3.83. The highest BCUT2D eigenvalue weighted by Gasteiger charge is 2.15. The lowest BCUT2D eigenvalue weighted by Crippen LogP contribution is -2.17. The number of hydrogen-bond acceptors (Lipinski definition) is 5. The van der Waals surface area contributed by atoms with Crippen LogP contribution in [0.1, 0.15) is 18.4 Å². The van der Waals surface area contributed by atoms with Crippen molar-refractivity contribution >= 4 is 28.4 Å². The largest absolute Gasteiger partial charge is 0.371 e. The summed E-state index contributed by atoms with van der Waals surface area (Å²) in [5.41, 5.74) is 5.73. The molecule has 0 N–H and O–H groups in total. The number of nitrogens with zero attached hydrogens (tertiary/aromatic N) is 4. The highest BCUT2D eigenvalue weighted by atomic mass is 32.1. The SMILES string of the molecule is N#Cc1cc(-c2cccc3nsnc23)cc(N2CCCC2)c1. The van der Waals surface area contributed by atoms with Gasteiger partial charge in [0.1, 0.15) is 11.0 Å². The third-order valence-electron chi connectivity index (χ3n) is 4.12. The van der Waals surface area contributed by atoms with E-state index < -0.39 is 0 Å². The van der Waals surface area contributed by atoms with E-state index in [1.807, 2.05) is 30.3 Å². The van der Waals surface area contributed by atoms with Crippen LogP contribution in [0.3, 0.4) is 0 Å². The number of fused-ring (bicyclic) bond motifs is 1. The zero-order chi connectivity index (χ0) is 14.9. The molecule has 1 saturated heterocycles. The minimum atomic E-state index is 0.694. The van der Waals surface area contributed by atoms with Gasteiger partial charge in [-0.25, -0.2) is 0 Å². The van der Waals surface area contributed by atoms with E-state index in [2.05, 4.69) is 25.8 Å². The van der Waals surface area contributed by atoms with Gasteiger partial charge in [-0.05, 0) is 42.7 Å². The maximum absolute atomic E-state index is 9.36. The van der Waals surface area contributed by atoms with Crippen LogP contribution in [0.5, 0.6) is 0 Å². The van der Waals surface area contributed by atoms with Crippen LogP contribution in [0.4, 0.5) is 5.69 Å². The van der Waals surface area contributed by atoms with Gasteiger partial charge in [0, 0.05) is 24.3 Å². The van der Waals surface area contributed by atoms with Crippen molar-refractivity contribution in [3.8, 4) is 17.2 Å². The summed E-state index contributed by atoms with van der Waals surface area (Å²) in [6.07, 6.45) is 2.44. The molecule has 2 heterocycles. The molecule has 0 unspecified atom stereocenters. The standard InChI is InChI=1S/C17H14N4S/c18-11-12-8-13(10-14(9-12)21-6-1-2-7-21)15-4-3-5-16-17(15)20-22-19-16/h3-5,8-10H,1-2,6-7H2.